The summed E-state index contributed by atoms with van der Waals surface area (Å²) in [6.45, 7) is 4.89. The summed E-state index contributed by atoms with van der Waals surface area (Å²) >= 11 is 7.40. The van der Waals surface area contributed by atoms with Crippen LogP contribution in [0.5, 0.6) is 0 Å². The Kier molecular flexibility index (Phi) is 3.69. The van der Waals surface area contributed by atoms with Crippen molar-refractivity contribution in [1.82, 2.24) is 0 Å². The predicted molar refractivity (Wildman–Crippen MR) is 72.5 cm³/mol. The molecule has 0 aliphatic carbocycles. The van der Waals surface area contributed by atoms with Crippen molar-refractivity contribution in [3.8, 4) is 0 Å². The standard InChI is InChI=1S/C13H13ClFNS/c1-8-5-10(9(2)17-8)7-16-11-3-4-12(14)13(15)6-11/h3-6,16H,7H2,1-2H3. The van der Waals surface area contributed by atoms with Gasteiger partial charge in [0.1, 0.15) is 5.82 Å². The van der Waals surface area contributed by atoms with Gasteiger partial charge in [-0.05, 0) is 43.7 Å². The third-order valence-electron chi connectivity index (χ3n) is 2.55. The molecule has 0 spiro atoms. The minimum absolute atomic E-state index is 0.151. The van der Waals surface area contributed by atoms with Crippen LogP contribution in [0, 0.1) is 19.7 Å². The van der Waals surface area contributed by atoms with Crippen LogP contribution in [-0.2, 0) is 6.54 Å². The van der Waals surface area contributed by atoms with E-state index in [-0.39, 0.29) is 5.02 Å². The van der Waals surface area contributed by atoms with E-state index in [4.69, 9.17) is 11.6 Å². The maximum Gasteiger partial charge on any atom is 0.143 e. The summed E-state index contributed by atoms with van der Waals surface area (Å²) in [6, 6.07) is 6.90. The average Bonchev–Trinajstić information content (AvgIpc) is 2.59. The predicted octanol–water partition coefficient (Wildman–Crippen LogP) is 4.77. The van der Waals surface area contributed by atoms with Crippen LogP contribution >= 0.6 is 22.9 Å². The van der Waals surface area contributed by atoms with Crippen LogP contribution in [0.3, 0.4) is 0 Å². The highest BCUT2D eigenvalue weighted by Gasteiger charge is 2.04. The molecule has 1 heterocycles. The molecular formula is C13H13ClFNS. The van der Waals surface area contributed by atoms with Crippen LogP contribution in [0.2, 0.25) is 5.02 Å². The molecule has 1 aromatic heterocycles. The van der Waals surface area contributed by atoms with E-state index < -0.39 is 5.82 Å². The molecule has 0 saturated heterocycles. The third kappa shape index (κ3) is 2.99. The van der Waals surface area contributed by atoms with Crippen molar-refractivity contribution in [3.05, 3.63) is 50.4 Å². The number of anilines is 1. The average molecular weight is 270 g/mol. The summed E-state index contributed by atoms with van der Waals surface area (Å²) in [6.07, 6.45) is 0. The van der Waals surface area contributed by atoms with E-state index in [0.717, 1.165) is 5.69 Å². The number of halogens is 2. The lowest BCUT2D eigenvalue weighted by molar-refractivity contribution is 0.628. The molecule has 4 heteroatoms. The van der Waals surface area contributed by atoms with Crippen LogP contribution in [0.25, 0.3) is 0 Å². The minimum atomic E-state index is -0.394. The molecule has 0 atom stereocenters. The first-order valence-electron chi connectivity index (χ1n) is 5.31. The Morgan fingerprint density at radius 2 is 2.06 bits per heavy atom. The van der Waals surface area contributed by atoms with Gasteiger partial charge in [0, 0.05) is 22.0 Å². The van der Waals surface area contributed by atoms with E-state index in [2.05, 4.69) is 25.2 Å². The molecule has 90 valence electrons. The quantitative estimate of drug-likeness (QED) is 0.846. The van der Waals surface area contributed by atoms with Gasteiger partial charge in [-0.2, -0.15) is 0 Å². The topological polar surface area (TPSA) is 12.0 Å². The molecule has 0 amide bonds. The second-order valence-electron chi connectivity index (χ2n) is 3.92. The summed E-state index contributed by atoms with van der Waals surface area (Å²) in [5.41, 5.74) is 2.00. The van der Waals surface area contributed by atoms with Gasteiger partial charge in [-0.25, -0.2) is 4.39 Å². The molecule has 1 aromatic carbocycles. The smallest absolute Gasteiger partial charge is 0.143 e. The van der Waals surface area contributed by atoms with Gasteiger partial charge >= 0.3 is 0 Å². The maximum atomic E-state index is 13.2. The Balaban J connectivity index is 2.07. The van der Waals surface area contributed by atoms with Gasteiger partial charge in [-0.15, -0.1) is 11.3 Å². The first-order valence-corrected chi connectivity index (χ1v) is 6.50. The van der Waals surface area contributed by atoms with E-state index >= 15 is 0 Å². The van der Waals surface area contributed by atoms with Crippen LogP contribution in [-0.4, -0.2) is 0 Å². The number of benzene rings is 1. The fourth-order valence-corrected chi connectivity index (χ4v) is 2.73. The van der Waals surface area contributed by atoms with Crippen molar-refractivity contribution in [1.29, 1.82) is 0 Å². The normalized spacial score (nSPS) is 10.6. The van der Waals surface area contributed by atoms with E-state index in [0.29, 0.717) is 6.54 Å². The molecular weight excluding hydrogens is 257 g/mol. The van der Waals surface area contributed by atoms with Crippen LogP contribution in [0.15, 0.2) is 24.3 Å². The molecule has 0 radical (unpaired) electrons. The van der Waals surface area contributed by atoms with Gasteiger partial charge in [0.05, 0.1) is 5.02 Å². The number of thiophene rings is 1. The highest BCUT2D eigenvalue weighted by atomic mass is 35.5. The van der Waals surface area contributed by atoms with Crippen LogP contribution < -0.4 is 5.32 Å². The largest absolute Gasteiger partial charge is 0.381 e. The molecule has 2 aromatic rings. The van der Waals surface area contributed by atoms with E-state index in [9.17, 15) is 4.39 Å². The van der Waals surface area contributed by atoms with Gasteiger partial charge in [0.2, 0.25) is 0 Å². The van der Waals surface area contributed by atoms with Gasteiger partial charge in [-0.3, -0.25) is 0 Å². The van der Waals surface area contributed by atoms with Crippen molar-refractivity contribution in [3.63, 3.8) is 0 Å². The Labute approximate surface area is 109 Å². The Morgan fingerprint density at radius 3 is 2.65 bits per heavy atom. The molecule has 0 saturated carbocycles. The lowest BCUT2D eigenvalue weighted by Gasteiger charge is -2.06. The Morgan fingerprint density at radius 1 is 1.29 bits per heavy atom. The summed E-state index contributed by atoms with van der Waals surface area (Å²) in [4.78, 5) is 2.59. The molecule has 2 rings (SSSR count). The van der Waals surface area contributed by atoms with Gasteiger partial charge in [0.25, 0.3) is 0 Å². The second kappa shape index (κ2) is 5.07. The van der Waals surface area contributed by atoms with Crippen molar-refractivity contribution in [2.75, 3.05) is 5.32 Å². The van der Waals surface area contributed by atoms with Crippen LogP contribution in [0.1, 0.15) is 15.3 Å². The molecule has 0 bridgehead atoms. The molecule has 0 aliphatic rings. The fourth-order valence-electron chi connectivity index (χ4n) is 1.66. The van der Waals surface area contributed by atoms with E-state index in [1.807, 2.05) is 0 Å². The van der Waals surface area contributed by atoms with E-state index in [1.165, 1.54) is 21.4 Å². The van der Waals surface area contributed by atoms with Crippen LogP contribution in [0.4, 0.5) is 10.1 Å². The highest BCUT2D eigenvalue weighted by Crippen LogP contribution is 2.23. The zero-order valence-corrected chi connectivity index (χ0v) is 11.3. The van der Waals surface area contributed by atoms with Gasteiger partial charge in [-0.1, -0.05) is 11.6 Å². The maximum absolute atomic E-state index is 13.2. The lowest BCUT2D eigenvalue weighted by atomic mass is 10.2. The number of aryl methyl sites for hydroxylation is 2. The SMILES string of the molecule is Cc1cc(CNc2ccc(Cl)c(F)c2)c(C)s1. The summed E-state index contributed by atoms with van der Waals surface area (Å²) in [5, 5.41) is 3.34. The number of hydrogen-bond donors (Lipinski definition) is 1. The molecule has 0 aliphatic heterocycles. The summed E-state index contributed by atoms with van der Waals surface area (Å²) in [5.74, 6) is -0.394. The van der Waals surface area contributed by atoms with Gasteiger partial charge < -0.3 is 5.32 Å². The van der Waals surface area contributed by atoms with Crippen molar-refractivity contribution in [2.24, 2.45) is 0 Å². The first-order chi connectivity index (χ1) is 8.06. The molecule has 0 fully saturated rings. The van der Waals surface area contributed by atoms with E-state index in [1.54, 1.807) is 23.5 Å². The second-order valence-corrected chi connectivity index (χ2v) is 5.79. The van der Waals surface area contributed by atoms with Crippen molar-refractivity contribution in [2.45, 2.75) is 20.4 Å². The molecule has 1 nitrogen and oxygen atoms in total. The highest BCUT2D eigenvalue weighted by molar-refractivity contribution is 7.12. The van der Waals surface area contributed by atoms with Gasteiger partial charge in [0.15, 0.2) is 0 Å². The third-order valence-corrected chi connectivity index (χ3v) is 3.86. The molecule has 0 unspecified atom stereocenters. The first kappa shape index (κ1) is 12.4. The number of nitrogens with one attached hydrogen (secondary N) is 1. The Hall–Kier alpha value is -1.06. The van der Waals surface area contributed by atoms with Crippen molar-refractivity contribution < 1.29 is 4.39 Å². The lowest BCUT2D eigenvalue weighted by Crippen LogP contribution is -1.99. The summed E-state index contributed by atoms with van der Waals surface area (Å²) in [7, 11) is 0. The summed E-state index contributed by atoms with van der Waals surface area (Å²) < 4.78 is 13.2. The Bertz CT molecular complexity index is 536. The fraction of sp³-hybridized carbons (Fsp3) is 0.231. The zero-order valence-electron chi connectivity index (χ0n) is 9.68. The monoisotopic (exact) mass is 269 g/mol. The minimum Gasteiger partial charge on any atom is -0.381 e. The number of rotatable bonds is 3. The molecule has 1 N–H and O–H groups in total. The number of hydrogen-bond acceptors (Lipinski definition) is 2. The molecule has 17 heavy (non-hydrogen) atoms. The van der Waals surface area contributed by atoms with Crippen molar-refractivity contribution >= 4 is 28.6 Å². The zero-order chi connectivity index (χ0) is 12.4.